The van der Waals surface area contributed by atoms with Gasteiger partial charge >= 0.3 is 0 Å². The van der Waals surface area contributed by atoms with Gasteiger partial charge in [0.15, 0.2) is 5.76 Å². The molecule has 2 unspecified atom stereocenters. The first kappa shape index (κ1) is 19.0. The number of benzene rings is 2. The highest BCUT2D eigenvalue weighted by Gasteiger charge is 2.38. The topological polar surface area (TPSA) is 53.8 Å². The van der Waals surface area contributed by atoms with E-state index in [2.05, 4.69) is 6.07 Å². The summed E-state index contributed by atoms with van der Waals surface area (Å²) in [7, 11) is 0. The average molecular weight is 388 g/mol. The predicted molar refractivity (Wildman–Crippen MR) is 113 cm³/mol. The van der Waals surface area contributed by atoms with Gasteiger partial charge in [-0.1, -0.05) is 35.9 Å². The van der Waals surface area contributed by atoms with E-state index in [0.29, 0.717) is 12.2 Å². The Balaban J connectivity index is 1.83. The number of aryl methyl sites for hydroxylation is 1. The number of carbonyl (C=O) groups excluding carboxylic acids is 2. The number of para-hydroxylation sites is 1. The molecular weight excluding hydrogens is 364 g/mol. The lowest BCUT2D eigenvalue weighted by molar-refractivity contribution is -0.117. The Kier molecular flexibility index (Phi) is 4.97. The highest BCUT2D eigenvalue weighted by molar-refractivity contribution is 6.06. The molecule has 148 valence electrons. The van der Waals surface area contributed by atoms with Crippen LogP contribution in [0.25, 0.3) is 0 Å². The monoisotopic (exact) mass is 388 g/mol. The van der Waals surface area contributed by atoms with Gasteiger partial charge in [-0.05, 0) is 56.2 Å². The summed E-state index contributed by atoms with van der Waals surface area (Å²) in [6.07, 6.45) is 2.14. The molecule has 0 fully saturated rings. The zero-order valence-electron chi connectivity index (χ0n) is 16.8. The Labute approximate surface area is 170 Å². The molecule has 0 radical (unpaired) electrons. The zero-order valence-corrected chi connectivity index (χ0v) is 16.8. The Hall–Kier alpha value is -3.34. The Morgan fingerprint density at radius 3 is 2.48 bits per heavy atom. The van der Waals surface area contributed by atoms with Crippen LogP contribution in [0, 0.1) is 6.92 Å². The number of amides is 2. The molecule has 2 atom stereocenters. The summed E-state index contributed by atoms with van der Waals surface area (Å²) >= 11 is 0. The van der Waals surface area contributed by atoms with Crippen molar-refractivity contribution in [2.24, 2.45) is 0 Å². The fourth-order valence-corrected chi connectivity index (χ4v) is 4.20. The molecule has 0 saturated heterocycles. The lowest BCUT2D eigenvalue weighted by atomic mass is 9.88. The smallest absolute Gasteiger partial charge is 0.294 e. The molecule has 0 N–H and O–H groups in total. The minimum absolute atomic E-state index is 0.0216. The molecule has 2 aromatic carbocycles. The minimum atomic E-state index is -0.167. The second-order valence-electron chi connectivity index (χ2n) is 7.54. The van der Waals surface area contributed by atoms with Gasteiger partial charge in [0, 0.05) is 24.3 Å². The summed E-state index contributed by atoms with van der Waals surface area (Å²) in [5, 5.41) is 0. The Morgan fingerprint density at radius 2 is 1.83 bits per heavy atom. The third-order valence-electron chi connectivity index (χ3n) is 5.44. The molecule has 2 heterocycles. The van der Waals surface area contributed by atoms with Gasteiger partial charge in [0.1, 0.15) is 0 Å². The van der Waals surface area contributed by atoms with Crippen LogP contribution in [0.1, 0.15) is 48.0 Å². The van der Waals surface area contributed by atoms with Crippen molar-refractivity contribution in [3.05, 3.63) is 83.8 Å². The van der Waals surface area contributed by atoms with E-state index in [1.807, 2.05) is 61.2 Å². The van der Waals surface area contributed by atoms with Crippen LogP contribution >= 0.6 is 0 Å². The number of furan rings is 1. The molecule has 3 aromatic rings. The quantitative estimate of drug-likeness (QED) is 0.626. The van der Waals surface area contributed by atoms with Crippen molar-refractivity contribution in [1.29, 1.82) is 0 Å². The first-order valence-electron chi connectivity index (χ1n) is 9.80. The summed E-state index contributed by atoms with van der Waals surface area (Å²) in [6.45, 7) is 5.63. The highest BCUT2D eigenvalue weighted by Crippen LogP contribution is 2.43. The van der Waals surface area contributed by atoms with Crippen LogP contribution in [0.5, 0.6) is 0 Å². The van der Waals surface area contributed by atoms with Gasteiger partial charge in [-0.2, -0.15) is 0 Å². The summed E-state index contributed by atoms with van der Waals surface area (Å²) < 4.78 is 5.36. The second-order valence-corrected chi connectivity index (χ2v) is 7.54. The lowest BCUT2D eigenvalue weighted by Crippen LogP contribution is -2.47. The minimum Gasteiger partial charge on any atom is -0.459 e. The van der Waals surface area contributed by atoms with Crippen LogP contribution in [0.15, 0.2) is 71.3 Å². The number of carbonyl (C=O) groups is 2. The van der Waals surface area contributed by atoms with Gasteiger partial charge in [0.05, 0.1) is 12.3 Å². The van der Waals surface area contributed by atoms with Gasteiger partial charge in [-0.15, -0.1) is 0 Å². The molecule has 2 amide bonds. The van der Waals surface area contributed by atoms with Crippen LogP contribution in [-0.2, 0) is 4.79 Å². The van der Waals surface area contributed by atoms with E-state index in [1.54, 1.807) is 24.0 Å². The molecule has 1 aliphatic heterocycles. The summed E-state index contributed by atoms with van der Waals surface area (Å²) in [5.41, 5.74) is 3.74. The SMILES string of the molecule is CC(=O)N(c1ccccc1)C1CC(C)N(C(=O)c2ccco2)c2ccc(C)cc21. The zero-order chi connectivity index (χ0) is 20.5. The second kappa shape index (κ2) is 7.59. The number of nitrogens with zero attached hydrogens (tertiary/aromatic N) is 2. The van der Waals surface area contributed by atoms with Crippen molar-refractivity contribution in [3.8, 4) is 0 Å². The van der Waals surface area contributed by atoms with E-state index in [9.17, 15) is 9.59 Å². The number of hydrogen-bond acceptors (Lipinski definition) is 3. The fraction of sp³-hybridized carbons (Fsp3) is 0.250. The van der Waals surface area contributed by atoms with E-state index >= 15 is 0 Å². The van der Waals surface area contributed by atoms with Gasteiger partial charge < -0.3 is 14.2 Å². The molecule has 0 bridgehead atoms. The first-order valence-corrected chi connectivity index (χ1v) is 9.80. The molecule has 1 aromatic heterocycles. The third kappa shape index (κ3) is 3.44. The number of fused-ring (bicyclic) bond motifs is 1. The van der Waals surface area contributed by atoms with Crippen molar-refractivity contribution < 1.29 is 14.0 Å². The normalized spacial score (nSPS) is 18.2. The standard InChI is InChI=1S/C24H24N2O3/c1-16-11-12-21-20(14-16)22(26(18(3)27)19-8-5-4-6-9-19)15-17(2)25(21)24(28)23-10-7-13-29-23/h4-14,17,22H,15H2,1-3H3. The highest BCUT2D eigenvalue weighted by atomic mass is 16.3. The largest absolute Gasteiger partial charge is 0.459 e. The number of hydrogen-bond donors (Lipinski definition) is 0. The van der Waals surface area contributed by atoms with Crippen molar-refractivity contribution in [2.45, 2.75) is 39.3 Å². The van der Waals surface area contributed by atoms with E-state index in [-0.39, 0.29) is 23.9 Å². The van der Waals surface area contributed by atoms with Gasteiger partial charge in [-0.3, -0.25) is 9.59 Å². The van der Waals surface area contributed by atoms with Gasteiger partial charge in [0.2, 0.25) is 5.91 Å². The van der Waals surface area contributed by atoms with E-state index < -0.39 is 0 Å². The first-order chi connectivity index (χ1) is 14.0. The Morgan fingerprint density at radius 1 is 1.07 bits per heavy atom. The molecule has 1 aliphatic rings. The van der Waals surface area contributed by atoms with E-state index in [1.165, 1.54) is 6.26 Å². The number of rotatable bonds is 3. The summed E-state index contributed by atoms with van der Waals surface area (Å²) in [6, 6.07) is 18.9. The third-order valence-corrected chi connectivity index (χ3v) is 5.44. The van der Waals surface area contributed by atoms with E-state index in [0.717, 1.165) is 22.5 Å². The van der Waals surface area contributed by atoms with E-state index in [4.69, 9.17) is 4.42 Å². The van der Waals surface area contributed by atoms with Crippen molar-refractivity contribution in [1.82, 2.24) is 0 Å². The van der Waals surface area contributed by atoms with Crippen molar-refractivity contribution in [3.63, 3.8) is 0 Å². The predicted octanol–water partition coefficient (Wildman–Crippen LogP) is 5.12. The molecule has 5 heteroatoms. The van der Waals surface area contributed by atoms with Gasteiger partial charge in [0.25, 0.3) is 5.91 Å². The lowest BCUT2D eigenvalue weighted by Gasteiger charge is -2.43. The fourth-order valence-electron chi connectivity index (χ4n) is 4.20. The molecule has 29 heavy (non-hydrogen) atoms. The number of anilines is 2. The summed E-state index contributed by atoms with van der Waals surface area (Å²) in [4.78, 5) is 29.5. The van der Waals surface area contributed by atoms with Crippen LogP contribution in [0.2, 0.25) is 0 Å². The molecule has 4 rings (SSSR count). The molecule has 0 saturated carbocycles. The molecule has 5 nitrogen and oxygen atoms in total. The van der Waals surface area contributed by atoms with Crippen LogP contribution in [0.4, 0.5) is 11.4 Å². The maximum absolute atomic E-state index is 13.2. The van der Waals surface area contributed by atoms with Crippen molar-refractivity contribution in [2.75, 3.05) is 9.80 Å². The summed E-state index contributed by atoms with van der Waals surface area (Å²) in [5.74, 6) is 0.125. The molecule has 0 aliphatic carbocycles. The average Bonchev–Trinajstić information content (AvgIpc) is 3.23. The Bertz CT molecular complexity index is 1030. The maximum atomic E-state index is 13.2. The molecule has 0 spiro atoms. The van der Waals surface area contributed by atoms with Crippen LogP contribution in [-0.4, -0.2) is 17.9 Å². The maximum Gasteiger partial charge on any atom is 0.294 e. The van der Waals surface area contributed by atoms with Gasteiger partial charge in [-0.25, -0.2) is 0 Å². The molecular formula is C24H24N2O3. The van der Waals surface area contributed by atoms with Crippen molar-refractivity contribution >= 4 is 23.2 Å². The van der Waals surface area contributed by atoms with Crippen LogP contribution < -0.4 is 9.80 Å². The van der Waals surface area contributed by atoms with Crippen LogP contribution in [0.3, 0.4) is 0 Å².